The molecule has 0 fully saturated rings. The molecule has 0 aliphatic carbocycles. The third kappa shape index (κ3) is 5.43. The number of anilines is 1. The summed E-state index contributed by atoms with van der Waals surface area (Å²) in [4.78, 5) is 12.6. The number of thioether (sulfide) groups is 1. The number of para-hydroxylation sites is 1. The fraction of sp³-hybridized carbons (Fsp3) is 0.192. The maximum atomic E-state index is 12.6. The molecule has 1 aromatic heterocycles. The van der Waals surface area contributed by atoms with E-state index >= 15 is 0 Å². The molecule has 0 saturated heterocycles. The van der Waals surface area contributed by atoms with E-state index in [1.54, 1.807) is 7.11 Å². The van der Waals surface area contributed by atoms with Gasteiger partial charge in [-0.25, -0.2) is 0 Å². The normalized spacial score (nSPS) is 10.9. The van der Waals surface area contributed by atoms with Crippen molar-refractivity contribution in [3.63, 3.8) is 0 Å². The zero-order chi connectivity index (χ0) is 23.2. The van der Waals surface area contributed by atoms with E-state index < -0.39 is 0 Å². The minimum atomic E-state index is -0.0918. The summed E-state index contributed by atoms with van der Waals surface area (Å²) in [5.41, 5.74) is 3.87. The van der Waals surface area contributed by atoms with Crippen LogP contribution in [0, 0.1) is 0 Å². The van der Waals surface area contributed by atoms with Crippen LogP contribution in [0.15, 0.2) is 84.0 Å². The van der Waals surface area contributed by atoms with Gasteiger partial charge in [-0.05, 0) is 60.0 Å². The molecule has 1 amide bonds. The fourth-order valence-electron chi connectivity index (χ4n) is 3.38. The smallest absolute Gasteiger partial charge is 0.234 e. The van der Waals surface area contributed by atoms with Crippen molar-refractivity contribution >= 4 is 23.4 Å². The van der Waals surface area contributed by atoms with Crippen LogP contribution in [0.1, 0.15) is 25.3 Å². The predicted octanol–water partition coefficient (Wildman–Crippen LogP) is 5.80. The van der Waals surface area contributed by atoms with Gasteiger partial charge in [0, 0.05) is 16.9 Å². The Morgan fingerprint density at radius 2 is 1.67 bits per heavy atom. The van der Waals surface area contributed by atoms with E-state index in [2.05, 4.69) is 29.4 Å². The van der Waals surface area contributed by atoms with Gasteiger partial charge >= 0.3 is 0 Å². The molecule has 1 heterocycles. The number of hydrogen-bond donors (Lipinski definition) is 1. The number of benzene rings is 3. The minimum Gasteiger partial charge on any atom is -0.497 e. The van der Waals surface area contributed by atoms with Gasteiger partial charge in [0.1, 0.15) is 5.75 Å². The van der Waals surface area contributed by atoms with Crippen LogP contribution in [-0.2, 0) is 4.79 Å². The van der Waals surface area contributed by atoms with Gasteiger partial charge < -0.3 is 10.1 Å². The number of methoxy groups -OCH3 is 1. The van der Waals surface area contributed by atoms with Crippen molar-refractivity contribution in [1.29, 1.82) is 0 Å². The van der Waals surface area contributed by atoms with Crippen molar-refractivity contribution in [3.05, 3.63) is 84.4 Å². The van der Waals surface area contributed by atoms with Gasteiger partial charge in [-0.15, -0.1) is 10.2 Å². The van der Waals surface area contributed by atoms with Crippen LogP contribution in [0.2, 0.25) is 0 Å². The summed E-state index contributed by atoms with van der Waals surface area (Å²) < 4.78 is 7.23. The highest BCUT2D eigenvalue weighted by Crippen LogP contribution is 2.29. The Balaban J connectivity index is 1.53. The topological polar surface area (TPSA) is 69.0 Å². The number of aromatic nitrogens is 3. The lowest BCUT2D eigenvalue weighted by atomic mass is 10.0. The monoisotopic (exact) mass is 458 g/mol. The maximum absolute atomic E-state index is 12.6. The van der Waals surface area contributed by atoms with Crippen LogP contribution in [-0.4, -0.2) is 33.5 Å². The van der Waals surface area contributed by atoms with Crippen molar-refractivity contribution in [1.82, 2.24) is 14.8 Å². The van der Waals surface area contributed by atoms with Crippen LogP contribution < -0.4 is 10.1 Å². The maximum Gasteiger partial charge on any atom is 0.234 e. The SMILES string of the molecule is COc1ccc(-c2nnc(SCC(=O)Nc3ccc(C(C)C)cc3)n2-c2ccccc2)cc1. The molecule has 4 rings (SSSR count). The van der Waals surface area contributed by atoms with Crippen molar-refractivity contribution in [3.8, 4) is 22.8 Å². The Morgan fingerprint density at radius 1 is 0.970 bits per heavy atom. The lowest BCUT2D eigenvalue weighted by molar-refractivity contribution is -0.113. The molecule has 0 unspecified atom stereocenters. The summed E-state index contributed by atoms with van der Waals surface area (Å²) in [5, 5.41) is 12.4. The second-order valence-electron chi connectivity index (χ2n) is 7.82. The number of nitrogens with zero attached hydrogens (tertiary/aromatic N) is 3. The summed E-state index contributed by atoms with van der Waals surface area (Å²) in [6.45, 7) is 4.29. The molecular weight excluding hydrogens is 432 g/mol. The Kier molecular flexibility index (Phi) is 7.10. The molecule has 168 valence electrons. The second kappa shape index (κ2) is 10.4. The summed E-state index contributed by atoms with van der Waals surface area (Å²) >= 11 is 1.35. The molecule has 0 atom stereocenters. The van der Waals surface area contributed by atoms with E-state index in [0.717, 1.165) is 22.7 Å². The molecule has 7 heteroatoms. The third-order valence-electron chi connectivity index (χ3n) is 5.19. The summed E-state index contributed by atoms with van der Waals surface area (Å²) in [7, 11) is 1.64. The number of ether oxygens (including phenoxy) is 1. The molecule has 3 aromatic carbocycles. The largest absolute Gasteiger partial charge is 0.497 e. The van der Waals surface area contributed by atoms with E-state index in [4.69, 9.17) is 4.74 Å². The van der Waals surface area contributed by atoms with Crippen molar-refractivity contribution < 1.29 is 9.53 Å². The van der Waals surface area contributed by atoms with Crippen LogP contribution in [0.5, 0.6) is 5.75 Å². The molecule has 0 aliphatic heterocycles. The molecule has 0 radical (unpaired) electrons. The van der Waals surface area contributed by atoms with Crippen LogP contribution >= 0.6 is 11.8 Å². The average Bonchev–Trinajstić information content (AvgIpc) is 3.27. The zero-order valence-corrected chi connectivity index (χ0v) is 19.7. The van der Waals surface area contributed by atoms with Gasteiger partial charge in [-0.3, -0.25) is 9.36 Å². The second-order valence-corrected chi connectivity index (χ2v) is 8.76. The van der Waals surface area contributed by atoms with Gasteiger partial charge in [-0.1, -0.05) is 55.9 Å². The number of rotatable bonds is 8. The standard InChI is InChI=1S/C26H26N4O2S/c1-18(2)19-9-13-21(14-10-19)27-24(31)17-33-26-29-28-25(20-11-15-23(32-3)16-12-20)30(26)22-7-5-4-6-8-22/h4-16,18H,17H2,1-3H3,(H,27,31). The molecule has 0 aliphatic rings. The lowest BCUT2D eigenvalue weighted by Crippen LogP contribution is -2.14. The minimum absolute atomic E-state index is 0.0918. The van der Waals surface area contributed by atoms with E-state index in [0.29, 0.717) is 16.9 Å². The summed E-state index contributed by atoms with van der Waals surface area (Å²) in [6.07, 6.45) is 0. The van der Waals surface area contributed by atoms with Gasteiger partial charge in [-0.2, -0.15) is 0 Å². The zero-order valence-electron chi connectivity index (χ0n) is 18.9. The third-order valence-corrected chi connectivity index (χ3v) is 6.12. The van der Waals surface area contributed by atoms with Gasteiger partial charge in [0.25, 0.3) is 0 Å². The molecule has 0 spiro atoms. The van der Waals surface area contributed by atoms with Gasteiger partial charge in [0.05, 0.1) is 12.9 Å². The molecular formula is C26H26N4O2S. The fourth-order valence-corrected chi connectivity index (χ4v) is 4.13. The lowest BCUT2D eigenvalue weighted by Gasteiger charge is -2.11. The molecule has 0 bridgehead atoms. The predicted molar refractivity (Wildman–Crippen MR) is 133 cm³/mol. The Hall–Kier alpha value is -3.58. The summed E-state index contributed by atoms with van der Waals surface area (Å²) in [5.74, 6) is 2.06. The molecule has 4 aromatic rings. The Morgan fingerprint density at radius 3 is 2.30 bits per heavy atom. The first-order valence-electron chi connectivity index (χ1n) is 10.7. The number of amides is 1. The molecule has 0 saturated carbocycles. The van der Waals surface area contributed by atoms with Gasteiger partial charge in [0.15, 0.2) is 11.0 Å². The highest BCUT2D eigenvalue weighted by atomic mass is 32.2. The van der Waals surface area contributed by atoms with E-state index in [-0.39, 0.29) is 11.7 Å². The highest BCUT2D eigenvalue weighted by molar-refractivity contribution is 7.99. The molecule has 6 nitrogen and oxygen atoms in total. The number of carbonyl (C=O) groups is 1. The van der Waals surface area contributed by atoms with Gasteiger partial charge in [0.2, 0.25) is 5.91 Å². The first kappa shape index (κ1) is 22.6. The summed E-state index contributed by atoms with van der Waals surface area (Å²) in [6, 6.07) is 25.5. The van der Waals surface area contributed by atoms with Crippen LogP contribution in [0.4, 0.5) is 5.69 Å². The van der Waals surface area contributed by atoms with E-state index in [9.17, 15) is 4.79 Å². The number of carbonyl (C=O) groups excluding carboxylic acids is 1. The quantitative estimate of drug-likeness (QED) is 0.338. The number of hydrogen-bond acceptors (Lipinski definition) is 5. The van der Waals surface area contributed by atoms with Crippen molar-refractivity contribution in [2.75, 3.05) is 18.2 Å². The Bertz CT molecular complexity index is 1200. The van der Waals surface area contributed by atoms with Crippen LogP contribution in [0.25, 0.3) is 17.1 Å². The Labute approximate surface area is 198 Å². The first-order chi connectivity index (χ1) is 16.0. The number of nitrogens with one attached hydrogen (secondary N) is 1. The van der Waals surface area contributed by atoms with E-state index in [1.165, 1.54) is 17.3 Å². The highest BCUT2D eigenvalue weighted by Gasteiger charge is 2.17. The van der Waals surface area contributed by atoms with Crippen molar-refractivity contribution in [2.24, 2.45) is 0 Å². The molecule has 1 N–H and O–H groups in total. The first-order valence-corrected chi connectivity index (χ1v) is 11.7. The average molecular weight is 459 g/mol. The molecule has 33 heavy (non-hydrogen) atoms. The van der Waals surface area contributed by atoms with Crippen molar-refractivity contribution in [2.45, 2.75) is 24.9 Å². The van der Waals surface area contributed by atoms with E-state index in [1.807, 2.05) is 83.4 Å². The van der Waals surface area contributed by atoms with Crippen LogP contribution in [0.3, 0.4) is 0 Å².